The number of rotatable bonds is 3. The van der Waals surface area contributed by atoms with Crippen LogP contribution in [0, 0.1) is 12.7 Å². The lowest BCUT2D eigenvalue weighted by atomic mass is 9.89. The molecule has 1 N–H and O–H groups in total. The van der Waals surface area contributed by atoms with Gasteiger partial charge in [-0.3, -0.25) is 4.90 Å². The van der Waals surface area contributed by atoms with Gasteiger partial charge < -0.3 is 9.15 Å². The molecule has 0 radical (unpaired) electrons. The van der Waals surface area contributed by atoms with Crippen LogP contribution in [0.25, 0.3) is 11.0 Å². The Balaban J connectivity index is 1.46. The van der Waals surface area contributed by atoms with Gasteiger partial charge in [0.05, 0.1) is 6.54 Å². The van der Waals surface area contributed by atoms with Crippen molar-refractivity contribution < 1.29 is 18.4 Å². The summed E-state index contributed by atoms with van der Waals surface area (Å²) in [5, 5.41) is 1.07. The van der Waals surface area contributed by atoms with E-state index in [0.717, 1.165) is 78.6 Å². The van der Waals surface area contributed by atoms with Crippen LogP contribution in [0.3, 0.4) is 0 Å². The molecular weight excluding hydrogens is 369 g/mol. The number of quaternary nitrogens is 1. The van der Waals surface area contributed by atoms with Crippen LogP contribution in [-0.2, 0) is 25.8 Å². The minimum absolute atomic E-state index is 0.187. The van der Waals surface area contributed by atoms with Gasteiger partial charge >= 0.3 is 5.63 Å². The van der Waals surface area contributed by atoms with Crippen molar-refractivity contribution >= 4 is 11.0 Å². The van der Waals surface area contributed by atoms with Crippen molar-refractivity contribution in [3.63, 3.8) is 0 Å². The molecule has 1 aromatic heterocycles. The maximum absolute atomic E-state index is 13.4. The molecule has 1 unspecified atom stereocenters. The van der Waals surface area contributed by atoms with Crippen LogP contribution in [0.15, 0.2) is 39.5 Å². The first kappa shape index (κ1) is 18.4. The fraction of sp³-hybridized carbons (Fsp3) is 0.375. The van der Waals surface area contributed by atoms with Crippen LogP contribution in [0.5, 0.6) is 5.75 Å². The molecule has 0 amide bonds. The van der Waals surface area contributed by atoms with Gasteiger partial charge in [-0.2, -0.15) is 0 Å². The highest BCUT2D eigenvalue weighted by atomic mass is 19.1. The third-order valence-electron chi connectivity index (χ3n) is 6.29. The summed E-state index contributed by atoms with van der Waals surface area (Å²) in [4.78, 5) is 13.8. The highest BCUT2D eigenvalue weighted by molar-refractivity contribution is 5.87. The summed E-state index contributed by atoms with van der Waals surface area (Å²) >= 11 is 0. The number of benzene rings is 2. The zero-order valence-corrected chi connectivity index (χ0v) is 16.6. The molecule has 1 aliphatic carbocycles. The Morgan fingerprint density at radius 2 is 1.97 bits per heavy atom. The van der Waals surface area contributed by atoms with E-state index in [9.17, 15) is 9.18 Å². The van der Waals surface area contributed by atoms with E-state index < -0.39 is 0 Å². The van der Waals surface area contributed by atoms with Crippen molar-refractivity contribution in [2.45, 2.75) is 45.6 Å². The normalized spacial score (nSPS) is 18.2. The second kappa shape index (κ2) is 7.30. The lowest BCUT2D eigenvalue weighted by Crippen LogP contribution is -3.12. The maximum Gasteiger partial charge on any atom is 0.339 e. The Labute approximate surface area is 168 Å². The first-order chi connectivity index (χ1) is 14.1. The number of aryl methyl sites for hydroxylation is 2. The van der Waals surface area contributed by atoms with Gasteiger partial charge in [-0.05, 0) is 61.9 Å². The molecule has 29 heavy (non-hydrogen) atoms. The Kier molecular flexibility index (Phi) is 4.63. The number of ether oxygens (including phenoxy) is 1. The Hall–Kier alpha value is -2.66. The second-order valence-corrected chi connectivity index (χ2v) is 8.27. The molecule has 1 atom stereocenters. The van der Waals surface area contributed by atoms with Gasteiger partial charge in [0.15, 0.2) is 0 Å². The number of halogens is 1. The van der Waals surface area contributed by atoms with E-state index in [1.54, 1.807) is 12.1 Å². The molecule has 5 rings (SSSR count). The summed E-state index contributed by atoms with van der Waals surface area (Å²) in [5.41, 5.74) is 5.61. The molecule has 0 saturated heterocycles. The molecule has 150 valence electrons. The fourth-order valence-corrected chi connectivity index (χ4v) is 4.79. The molecule has 2 aromatic carbocycles. The predicted molar refractivity (Wildman–Crippen MR) is 109 cm³/mol. The first-order valence-electron chi connectivity index (χ1n) is 10.4. The molecule has 1 aliphatic heterocycles. The maximum atomic E-state index is 13.4. The highest BCUT2D eigenvalue weighted by Crippen LogP contribution is 2.35. The fourth-order valence-electron chi connectivity index (χ4n) is 4.79. The van der Waals surface area contributed by atoms with E-state index in [4.69, 9.17) is 9.15 Å². The number of fused-ring (bicyclic) bond motifs is 4. The van der Waals surface area contributed by atoms with Crippen molar-refractivity contribution in [1.82, 2.24) is 0 Å². The summed E-state index contributed by atoms with van der Waals surface area (Å²) in [6.07, 6.45) is 4.72. The standard InChI is InChI=1S/C24H24FNO3/c1-15-22-17(12-21-19-7-2-3-8-20(19)24(27)29-23(15)21)13-26(14-28-22)10-9-16-5-4-6-18(25)11-16/h4-6,11-12H,2-3,7-10,13-14H2,1H3/p+1. The van der Waals surface area contributed by atoms with Gasteiger partial charge in [-0.25, -0.2) is 9.18 Å². The summed E-state index contributed by atoms with van der Waals surface area (Å²) in [7, 11) is 0. The molecular formula is C24H25FNO3+. The molecule has 2 heterocycles. The lowest BCUT2D eigenvalue weighted by Gasteiger charge is -2.28. The van der Waals surface area contributed by atoms with Gasteiger partial charge in [0, 0.05) is 28.5 Å². The van der Waals surface area contributed by atoms with Crippen molar-refractivity contribution in [1.29, 1.82) is 0 Å². The van der Waals surface area contributed by atoms with Gasteiger partial charge in [-0.1, -0.05) is 12.1 Å². The molecule has 0 bridgehead atoms. The van der Waals surface area contributed by atoms with Crippen LogP contribution in [0.1, 0.15) is 40.7 Å². The van der Waals surface area contributed by atoms with E-state index in [0.29, 0.717) is 12.3 Å². The number of nitrogens with one attached hydrogen (secondary N) is 1. The van der Waals surface area contributed by atoms with Crippen molar-refractivity contribution in [3.8, 4) is 5.75 Å². The largest absolute Gasteiger partial charge is 0.444 e. The van der Waals surface area contributed by atoms with Gasteiger partial charge in [-0.15, -0.1) is 0 Å². The van der Waals surface area contributed by atoms with E-state index >= 15 is 0 Å². The first-order valence-corrected chi connectivity index (χ1v) is 10.4. The summed E-state index contributed by atoms with van der Waals surface area (Å²) < 4.78 is 25.2. The van der Waals surface area contributed by atoms with Crippen molar-refractivity contribution in [3.05, 3.63) is 74.4 Å². The van der Waals surface area contributed by atoms with E-state index in [-0.39, 0.29) is 11.4 Å². The Morgan fingerprint density at radius 1 is 1.14 bits per heavy atom. The summed E-state index contributed by atoms with van der Waals surface area (Å²) in [6, 6.07) is 8.97. The monoisotopic (exact) mass is 394 g/mol. The zero-order chi connectivity index (χ0) is 20.0. The number of hydrogen-bond donors (Lipinski definition) is 1. The van der Waals surface area contributed by atoms with Gasteiger partial charge in [0.1, 0.15) is 23.7 Å². The summed E-state index contributed by atoms with van der Waals surface area (Å²) in [5.74, 6) is 0.664. The quantitative estimate of drug-likeness (QED) is 0.695. The summed E-state index contributed by atoms with van der Waals surface area (Å²) in [6.45, 7) is 4.28. The average Bonchev–Trinajstić information content (AvgIpc) is 2.73. The Morgan fingerprint density at radius 3 is 2.79 bits per heavy atom. The molecule has 0 fully saturated rings. The van der Waals surface area contributed by atoms with E-state index in [1.165, 1.54) is 16.5 Å². The molecule has 3 aromatic rings. The highest BCUT2D eigenvalue weighted by Gasteiger charge is 2.27. The van der Waals surface area contributed by atoms with Crippen LogP contribution in [0.4, 0.5) is 4.39 Å². The minimum atomic E-state index is -0.189. The molecule has 5 heteroatoms. The van der Waals surface area contributed by atoms with Crippen LogP contribution < -0.4 is 15.3 Å². The average molecular weight is 394 g/mol. The van der Waals surface area contributed by atoms with Crippen LogP contribution in [0.2, 0.25) is 0 Å². The lowest BCUT2D eigenvalue weighted by molar-refractivity contribution is -0.932. The SMILES string of the molecule is Cc1c2c(cc3c4c(c(=O)oc13)CCCC4)C[NH+](CCc1cccc(F)c1)CO2. The van der Waals surface area contributed by atoms with Gasteiger partial charge in [0.2, 0.25) is 6.73 Å². The van der Waals surface area contributed by atoms with Crippen LogP contribution in [-0.4, -0.2) is 13.3 Å². The Bertz CT molecular complexity index is 1150. The molecule has 2 aliphatic rings. The topological polar surface area (TPSA) is 43.9 Å². The molecule has 0 spiro atoms. The van der Waals surface area contributed by atoms with E-state index in [2.05, 4.69) is 6.07 Å². The van der Waals surface area contributed by atoms with Crippen molar-refractivity contribution in [2.24, 2.45) is 0 Å². The van der Waals surface area contributed by atoms with Crippen LogP contribution >= 0.6 is 0 Å². The smallest absolute Gasteiger partial charge is 0.339 e. The van der Waals surface area contributed by atoms with Crippen molar-refractivity contribution in [2.75, 3.05) is 13.3 Å². The predicted octanol–water partition coefficient (Wildman–Crippen LogP) is 3.10. The third-order valence-corrected chi connectivity index (χ3v) is 6.29. The number of hydrogen-bond acceptors (Lipinski definition) is 3. The second-order valence-electron chi connectivity index (χ2n) is 8.27. The van der Waals surface area contributed by atoms with E-state index in [1.807, 2.05) is 13.0 Å². The third kappa shape index (κ3) is 3.33. The van der Waals surface area contributed by atoms with Gasteiger partial charge in [0.25, 0.3) is 0 Å². The zero-order valence-electron chi connectivity index (χ0n) is 16.6. The minimum Gasteiger partial charge on any atom is -0.444 e. The molecule has 4 nitrogen and oxygen atoms in total. The molecule has 0 saturated carbocycles.